The molecule has 0 N–H and O–H groups in total. The normalized spacial score (nSPS) is 10.3. The first-order valence-electron chi connectivity index (χ1n) is 7.26. The number of aryl methyl sites for hydroxylation is 2. The fraction of sp³-hybridized carbons (Fsp3) is 0.438. The van der Waals surface area contributed by atoms with Gasteiger partial charge in [-0.1, -0.05) is 24.3 Å². The standard InChI is InChI=1S/C16H20N4O/c1-3-16-15(12-17)18-19-20(16)9-4-5-10-21-14-8-6-7-13(2)11-14/h6-8,11H,3-5,9-10H2,1-2H3. The van der Waals surface area contributed by atoms with Crippen LogP contribution in [0.25, 0.3) is 0 Å². The van der Waals surface area contributed by atoms with Crippen molar-refractivity contribution >= 4 is 0 Å². The van der Waals surface area contributed by atoms with E-state index in [1.807, 2.05) is 29.8 Å². The number of benzene rings is 1. The summed E-state index contributed by atoms with van der Waals surface area (Å²) >= 11 is 0. The zero-order valence-corrected chi connectivity index (χ0v) is 12.5. The molecule has 1 heterocycles. The van der Waals surface area contributed by atoms with E-state index in [-0.39, 0.29) is 0 Å². The Kier molecular flexibility index (Phi) is 5.33. The maximum atomic E-state index is 8.94. The highest BCUT2D eigenvalue weighted by Gasteiger charge is 2.09. The molecule has 5 heteroatoms. The van der Waals surface area contributed by atoms with Gasteiger partial charge in [-0.25, -0.2) is 4.68 Å². The molecule has 110 valence electrons. The summed E-state index contributed by atoms with van der Waals surface area (Å²) in [6.07, 6.45) is 2.67. The van der Waals surface area contributed by atoms with Crippen LogP contribution in [-0.4, -0.2) is 21.6 Å². The molecule has 2 rings (SSSR count). The van der Waals surface area contributed by atoms with Gasteiger partial charge >= 0.3 is 0 Å². The Labute approximate surface area is 125 Å². The first-order valence-corrected chi connectivity index (χ1v) is 7.26. The lowest BCUT2D eigenvalue weighted by Gasteiger charge is -2.07. The fourth-order valence-electron chi connectivity index (χ4n) is 2.21. The van der Waals surface area contributed by atoms with Crippen molar-refractivity contribution < 1.29 is 4.74 Å². The molecule has 0 aliphatic heterocycles. The van der Waals surface area contributed by atoms with Crippen molar-refractivity contribution in [3.8, 4) is 11.8 Å². The van der Waals surface area contributed by atoms with Gasteiger partial charge in [0.25, 0.3) is 0 Å². The average molecular weight is 284 g/mol. The third-order valence-electron chi connectivity index (χ3n) is 3.30. The van der Waals surface area contributed by atoms with E-state index in [1.54, 1.807) is 0 Å². The number of unbranched alkanes of at least 4 members (excludes halogenated alkanes) is 1. The summed E-state index contributed by atoms with van der Waals surface area (Å²) in [7, 11) is 0. The van der Waals surface area contributed by atoms with Gasteiger partial charge in [-0.15, -0.1) is 5.10 Å². The maximum absolute atomic E-state index is 8.94. The lowest BCUT2D eigenvalue weighted by molar-refractivity contribution is 0.301. The van der Waals surface area contributed by atoms with Crippen LogP contribution in [0.15, 0.2) is 24.3 Å². The Balaban J connectivity index is 1.75. The molecule has 0 aliphatic rings. The van der Waals surface area contributed by atoms with Crippen molar-refractivity contribution in [1.29, 1.82) is 5.26 Å². The molecular formula is C16H20N4O. The topological polar surface area (TPSA) is 63.7 Å². The zero-order valence-electron chi connectivity index (χ0n) is 12.5. The first-order chi connectivity index (χ1) is 10.2. The lowest BCUT2D eigenvalue weighted by Crippen LogP contribution is -2.07. The minimum Gasteiger partial charge on any atom is -0.494 e. The molecule has 0 spiro atoms. The van der Waals surface area contributed by atoms with Gasteiger partial charge in [0.2, 0.25) is 0 Å². The van der Waals surface area contributed by atoms with E-state index in [1.165, 1.54) is 5.56 Å². The van der Waals surface area contributed by atoms with Crippen LogP contribution in [0.2, 0.25) is 0 Å². The van der Waals surface area contributed by atoms with Crippen molar-refractivity contribution in [2.24, 2.45) is 0 Å². The third-order valence-corrected chi connectivity index (χ3v) is 3.30. The smallest absolute Gasteiger partial charge is 0.185 e. The van der Waals surface area contributed by atoms with E-state index in [2.05, 4.69) is 29.4 Å². The Morgan fingerprint density at radius 2 is 2.19 bits per heavy atom. The average Bonchev–Trinajstić information content (AvgIpc) is 2.89. The second-order valence-electron chi connectivity index (χ2n) is 4.95. The van der Waals surface area contributed by atoms with Crippen LogP contribution in [0.5, 0.6) is 5.75 Å². The van der Waals surface area contributed by atoms with Gasteiger partial charge in [0.05, 0.1) is 12.3 Å². The second-order valence-corrected chi connectivity index (χ2v) is 4.95. The molecule has 0 saturated carbocycles. The Hall–Kier alpha value is -2.35. The fourth-order valence-corrected chi connectivity index (χ4v) is 2.21. The molecule has 1 aromatic carbocycles. The van der Waals surface area contributed by atoms with E-state index in [0.717, 1.165) is 37.3 Å². The summed E-state index contributed by atoms with van der Waals surface area (Å²) in [5, 5.41) is 16.8. The molecule has 0 radical (unpaired) electrons. The largest absolute Gasteiger partial charge is 0.494 e. The van der Waals surface area contributed by atoms with Gasteiger partial charge in [0.15, 0.2) is 5.69 Å². The number of hydrogen-bond donors (Lipinski definition) is 0. The SMILES string of the molecule is CCc1c(C#N)nnn1CCCCOc1cccc(C)c1. The number of hydrogen-bond acceptors (Lipinski definition) is 4. The summed E-state index contributed by atoms with van der Waals surface area (Å²) in [4.78, 5) is 0. The Bertz CT molecular complexity index is 627. The van der Waals surface area contributed by atoms with Crippen LogP contribution in [0.4, 0.5) is 0 Å². The van der Waals surface area contributed by atoms with Gasteiger partial charge in [0, 0.05) is 6.54 Å². The zero-order chi connectivity index (χ0) is 15.1. The van der Waals surface area contributed by atoms with E-state index in [4.69, 9.17) is 10.00 Å². The lowest BCUT2D eigenvalue weighted by atomic mass is 10.2. The summed E-state index contributed by atoms with van der Waals surface area (Å²) in [6.45, 7) is 5.52. The number of nitriles is 1. The third kappa shape index (κ3) is 4.06. The van der Waals surface area contributed by atoms with E-state index < -0.39 is 0 Å². The first kappa shape index (κ1) is 15.0. The number of rotatable bonds is 7. The molecule has 0 atom stereocenters. The van der Waals surface area contributed by atoms with Gasteiger partial charge in [-0.3, -0.25) is 0 Å². The van der Waals surface area contributed by atoms with Crippen molar-refractivity contribution in [3.05, 3.63) is 41.2 Å². The van der Waals surface area contributed by atoms with Crippen molar-refractivity contribution in [2.75, 3.05) is 6.61 Å². The van der Waals surface area contributed by atoms with Gasteiger partial charge in [-0.05, 0) is 43.9 Å². The van der Waals surface area contributed by atoms with E-state index in [9.17, 15) is 0 Å². The van der Waals surface area contributed by atoms with Crippen molar-refractivity contribution in [2.45, 2.75) is 39.7 Å². The highest BCUT2D eigenvalue weighted by molar-refractivity contribution is 5.27. The molecule has 0 amide bonds. The highest BCUT2D eigenvalue weighted by atomic mass is 16.5. The second kappa shape index (κ2) is 7.44. The quantitative estimate of drug-likeness (QED) is 0.733. The van der Waals surface area contributed by atoms with Crippen molar-refractivity contribution in [3.63, 3.8) is 0 Å². The monoisotopic (exact) mass is 284 g/mol. The molecule has 21 heavy (non-hydrogen) atoms. The molecular weight excluding hydrogens is 264 g/mol. The molecule has 0 unspecified atom stereocenters. The number of aromatic nitrogens is 3. The van der Waals surface area contributed by atoms with E-state index in [0.29, 0.717) is 12.3 Å². The molecule has 0 fully saturated rings. The molecule has 0 saturated heterocycles. The molecule has 2 aromatic rings. The van der Waals surface area contributed by atoms with Gasteiger partial charge in [-0.2, -0.15) is 5.26 Å². The van der Waals surface area contributed by atoms with Crippen LogP contribution in [-0.2, 0) is 13.0 Å². The van der Waals surface area contributed by atoms with E-state index >= 15 is 0 Å². The number of nitrogens with zero attached hydrogens (tertiary/aromatic N) is 4. The molecule has 0 bridgehead atoms. The number of ether oxygens (including phenoxy) is 1. The van der Waals surface area contributed by atoms with Crippen LogP contribution < -0.4 is 4.74 Å². The van der Waals surface area contributed by atoms with Crippen LogP contribution >= 0.6 is 0 Å². The minimum atomic E-state index is 0.438. The van der Waals surface area contributed by atoms with Gasteiger partial charge in [0.1, 0.15) is 11.8 Å². The summed E-state index contributed by atoms with van der Waals surface area (Å²) in [5.41, 5.74) is 2.55. The Morgan fingerprint density at radius 3 is 2.90 bits per heavy atom. The molecule has 5 nitrogen and oxygen atoms in total. The van der Waals surface area contributed by atoms with Crippen molar-refractivity contribution in [1.82, 2.24) is 15.0 Å². The van der Waals surface area contributed by atoms with Gasteiger partial charge < -0.3 is 4.74 Å². The predicted molar refractivity (Wildman–Crippen MR) is 80.0 cm³/mol. The van der Waals surface area contributed by atoms with Crippen LogP contribution in [0, 0.1) is 18.3 Å². The highest BCUT2D eigenvalue weighted by Crippen LogP contribution is 2.13. The summed E-state index contributed by atoms with van der Waals surface area (Å²) in [6, 6.07) is 10.1. The molecule has 0 aliphatic carbocycles. The summed E-state index contributed by atoms with van der Waals surface area (Å²) < 4.78 is 7.53. The Morgan fingerprint density at radius 1 is 1.33 bits per heavy atom. The summed E-state index contributed by atoms with van der Waals surface area (Å²) in [5.74, 6) is 0.914. The molecule has 1 aromatic heterocycles. The van der Waals surface area contributed by atoms with Crippen LogP contribution in [0.3, 0.4) is 0 Å². The minimum absolute atomic E-state index is 0.438. The predicted octanol–water partition coefficient (Wildman–Crippen LogP) is 2.88. The maximum Gasteiger partial charge on any atom is 0.185 e. The van der Waals surface area contributed by atoms with Crippen LogP contribution in [0.1, 0.15) is 36.7 Å².